The molecule has 2 fully saturated rings. The second kappa shape index (κ2) is 12.3. The van der Waals surface area contributed by atoms with Gasteiger partial charge in [-0.3, -0.25) is 4.79 Å². The van der Waals surface area contributed by atoms with Crippen LogP contribution in [0.15, 0.2) is 48.5 Å². The number of nitrogens with one attached hydrogen (secondary N) is 1. The van der Waals surface area contributed by atoms with E-state index in [2.05, 4.69) is 5.32 Å². The third-order valence-electron chi connectivity index (χ3n) is 8.18. The molecule has 0 radical (unpaired) electrons. The highest BCUT2D eigenvalue weighted by Crippen LogP contribution is 2.47. The van der Waals surface area contributed by atoms with Gasteiger partial charge < -0.3 is 29.5 Å². The fourth-order valence-electron chi connectivity index (χ4n) is 5.21. The number of likely N-dealkylation sites (tertiary alicyclic amines) is 1. The molecule has 1 aliphatic carbocycles. The van der Waals surface area contributed by atoms with Crippen LogP contribution in [-0.2, 0) is 16.1 Å². The van der Waals surface area contributed by atoms with Crippen LogP contribution >= 0.6 is 0 Å². The van der Waals surface area contributed by atoms with Crippen molar-refractivity contribution in [2.75, 3.05) is 26.8 Å². The molecule has 1 aliphatic heterocycles. The molecule has 0 unspecified atom stereocenters. The van der Waals surface area contributed by atoms with Gasteiger partial charge in [-0.1, -0.05) is 57.2 Å². The van der Waals surface area contributed by atoms with Gasteiger partial charge in [0.25, 0.3) is 0 Å². The van der Waals surface area contributed by atoms with Gasteiger partial charge in [-0.05, 0) is 54.9 Å². The Balaban J connectivity index is 1.49. The van der Waals surface area contributed by atoms with Gasteiger partial charge in [0.1, 0.15) is 12.6 Å². The molecule has 2 amide bonds. The summed E-state index contributed by atoms with van der Waals surface area (Å²) in [6.07, 6.45) is 1.08. The molecule has 1 saturated heterocycles. The summed E-state index contributed by atoms with van der Waals surface area (Å²) in [7, 11) is 1.62. The van der Waals surface area contributed by atoms with Crippen molar-refractivity contribution in [3.05, 3.63) is 59.7 Å². The van der Waals surface area contributed by atoms with E-state index >= 15 is 0 Å². The minimum atomic E-state index is -0.751. The second-order valence-electron chi connectivity index (χ2n) is 11.5. The van der Waals surface area contributed by atoms with Crippen molar-refractivity contribution in [3.63, 3.8) is 0 Å². The molecule has 0 aromatic heterocycles. The van der Waals surface area contributed by atoms with E-state index < -0.39 is 23.7 Å². The lowest BCUT2D eigenvalue weighted by atomic mass is 9.72. The van der Waals surface area contributed by atoms with E-state index in [0.717, 1.165) is 11.1 Å². The minimum Gasteiger partial charge on any atom is -0.493 e. The van der Waals surface area contributed by atoms with Crippen molar-refractivity contribution in [1.82, 2.24) is 10.2 Å². The molecule has 1 heterocycles. The molecule has 4 atom stereocenters. The van der Waals surface area contributed by atoms with Crippen LogP contribution in [0.4, 0.5) is 4.79 Å². The molecule has 4 rings (SSSR count). The number of carbonyl (C=O) groups excluding carboxylic acids is 2. The van der Waals surface area contributed by atoms with Gasteiger partial charge in [0.2, 0.25) is 5.91 Å². The first kappa shape index (κ1) is 28.7. The van der Waals surface area contributed by atoms with Gasteiger partial charge >= 0.3 is 6.09 Å². The minimum absolute atomic E-state index is 0.125. The van der Waals surface area contributed by atoms with Crippen LogP contribution in [-0.4, -0.2) is 61.0 Å². The first-order valence-corrected chi connectivity index (χ1v) is 13.9. The van der Waals surface area contributed by atoms with E-state index in [9.17, 15) is 14.7 Å². The van der Waals surface area contributed by atoms with Gasteiger partial charge in [-0.15, -0.1) is 0 Å². The Morgan fingerprint density at radius 2 is 1.82 bits per heavy atom. The van der Waals surface area contributed by atoms with Crippen molar-refractivity contribution in [2.24, 2.45) is 17.3 Å². The summed E-state index contributed by atoms with van der Waals surface area (Å²) in [6, 6.07) is 14.5. The average molecular weight is 539 g/mol. The zero-order valence-corrected chi connectivity index (χ0v) is 23.7. The van der Waals surface area contributed by atoms with Crippen LogP contribution in [0.1, 0.15) is 57.6 Å². The van der Waals surface area contributed by atoms with Gasteiger partial charge in [-0.25, -0.2) is 4.79 Å². The molecule has 2 N–H and O–H groups in total. The number of aliphatic hydroxyl groups excluding tert-OH is 1. The van der Waals surface area contributed by atoms with Gasteiger partial charge in [-0.2, -0.15) is 0 Å². The Labute approximate surface area is 231 Å². The molecular weight excluding hydrogens is 496 g/mol. The molecule has 2 aliphatic rings. The number of aliphatic hydroxyl groups is 1. The molecule has 8 nitrogen and oxygen atoms in total. The number of carbonyl (C=O) groups is 2. The Morgan fingerprint density at radius 1 is 1.10 bits per heavy atom. The highest BCUT2D eigenvalue weighted by molar-refractivity contribution is 5.86. The van der Waals surface area contributed by atoms with E-state index in [-0.39, 0.29) is 24.3 Å². The molecule has 212 valence electrons. The maximum atomic E-state index is 13.8. The smallest absolute Gasteiger partial charge is 0.408 e. The lowest BCUT2D eigenvalue weighted by Gasteiger charge is -2.34. The van der Waals surface area contributed by atoms with Crippen molar-refractivity contribution < 1.29 is 28.9 Å². The quantitative estimate of drug-likeness (QED) is 0.429. The first-order chi connectivity index (χ1) is 18.6. The van der Waals surface area contributed by atoms with Gasteiger partial charge in [0.05, 0.1) is 19.8 Å². The fourth-order valence-corrected chi connectivity index (χ4v) is 5.21. The zero-order valence-electron chi connectivity index (χ0n) is 23.7. The second-order valence-corrected chi connectivity index (χ2v) is 11.5. The Morgan fingerprint density at radius 3 is 2.44 bits per heavy atom. The number of alkyl carbamates (subject to hydrolysis) is 1. The largest absolute Gasteiger partial charge is 0.493 e. The highest BCUT2D eigenvalue weighted by Gasteiger charge is 2.49. The van der Waals surface area contributed by atoms with Crippen LogP contribution in [0.3, 0.4) is 0 Å². The van der Waals surface area contributed by atoms with E-state index in [1.54, 1.807) is 18.9 Å². The molecule has 39 heavy (non-hydrogen) atoms. The average Bonchev–Trinajstić information content (AvgIpc) is 3.69. The normalized spacial score (nSPS) is 22.3. The summed E-state index contributed by atoms with van der Waals surface area (Å²) >= 11 is 0. The van der Waals surface area contributed by atoms with Crippen LogP contribution in [0.5, 0.6) is 11.5 Å². The van der Waals surface area contributed by atoms with Crippen molar-refractivity contribution >= 4 is 12.0 Å². The predicted octanol–water partition coefficient (Wildman–Crippen LogP) is 4.75. The molecule has 0 spiro atoms. The molecule has 8 heteroatoms. The van der Waals surface area contributed by atoms with E-state index in [0.29, 0.717) is 37.1 Å². The lowest BCUT2D eigenvalue weighted by Crippen LogP contribution is -2.51. The Kier molecular flexibility index (Phi) is 9.05. The maximum Gasteiger partial charge on any atom is 0.408 e. The number of methoxy groups -OCH3 is 1. The SMILES string of the molecule is COc1ccc([C@@H]2CN(C(=O)[C@H](NC(=O)OCc3ccccc3)C(C)C)C[C@@]2(C)[C@@H](C)O)cc1OCC1CC1. The number of benzene rings is 2. The number of nitrogens with zero attached hydrogens (tertiary/aromatic N) is 1. The topological polar surface area (TPSA) is 97.3 Å². The van der Waals surface area contributed by atoms with Crippen LogP contribution in [0, 0.1) is 17.3 Å². The molecule has 0 bridgehead atoms. The van der Waals surface area contributed by atoms with Gasteiger partial charge in [0, 0.05) is 24.4 Å². The third-order valence-corrected chi connectivity index (χ3v) is 8.18. The fraction of sp³-hybridized carbons (Fsp3) is 0.548. The first-order valence-electron chi connectivity index (χ1n) is 13.9. The van der Waals surface area contributed by atoms with Crippen molar-refractivity contribution in [1.29, 1.82) is 0 Å². The predicted molar refractivity (Wildman–Crippen MR) is 149 cm³/mol. The molecule has 1 saturated carbocycles. The number of amides is 2. The monoisotopic (exact) mass is 538 g/mol. The van der Waals surface area contributed by atoms with Crippen LogP contribution in [0.2, 0.25) is 0 Å². The third kappa shape index (κ3) is 6.85. The number of rotatable bonds is 11. The molecular formula is C31H42N2O6. The summed E-state index contributed by atoms with van der Waals surface area (Å²) < 4.78 is 17.0. The van der Waals surface area contributed by atoms with Gasteiger partial charge in [0.15, 0.2) is 11.5 Å². The summed E-state index contributed by atoms with van der Waals surface area (Å²) in [5.74, 6) is 1.48. The maximum absolute atomic E-state index is 13.8. The van der Waals surface area contributed by atoms with Crippen LogP contribution < -0.4 is 14.8 Å². The Hall–Kier alpha value is -3.26. The summed E-state index contributed by atoms with van der Waals surface area (Å²) in [5, 5.41) is 13.7. The standard InChI is InChI=1S/C31H42N2O6/c1-20(2)28(32-30(36)39-18-22-9-7-6-8-10-22)29(35)33-16-25(31(4,19-33)21(3)34)24-13-14-26(37-5)27(15-24)38-17-23-11-12-23/h6-10,13-15,20-21,23,25,28,34H,11-12,16-19H2,1-5H3,(H,32,36)/t21-,25+,28-,31+/m1/s1. The highest BCUT2D eigenvalue weighted by atomic mass is 16.5. The van der Waals surface area contributed by atoms with E-state index in [4.69, 9.17) is 14.2 Å². The van der Waals surface area contributed by atoms with E-state index in [1.807, 2.05) is 69.3 Å². The summed E-state index contributed by atoms with van der Waals surface area (Å²) in [4.78, 5) is 28.1. The van der Waals surface area contributed by atoms with Crippen molar-refractivity contribution in [3.8, 4) is 11.5 Å². The summed E-state index contributed by atoms with van der Waals surface area (Å²) in [5.41, 5.74) is 1.26. The molecule has 2 aromatic carbocycles. The van der Waals surface area contributed by atoms with Crippen LogP contribution in [0.25, 0.3) is 0 Å². The zero-order chi connectivity index (χ0) is 28.2. The number of ether oxygens (including phenoxy) is 3. The summed E-state index contributed by atoms with van der Waals surface area (Å²) in [6.45, 7) is 9.14. The molecule has 2 aromatic rings. The Bertz CT molecular complexity index is 1130. The lowest BCUT2D eigenvalue weighted by molar-refractivity contribution is -0.134. The van der Waals surface area contributed by atoms with E-state index in [1.165, 1.54) is 12.8 Å². The van der Waals surface area contributed by atoms with Crippen molar-refractivity contribution in [2.45, 2.75) is 65.2 Å². The number of hydrogen-bond donors (Lipinski definition) is 2. The number of hydrogen-bond acceptors (Lipinski definition) is 6.